The molecular weight excluding hydrogens is 494 g/mol. The first-order chi connectivity index (χ1) is 16.8. The number of ketones is 1. The van der Waals surface area contributed by atoms with Gasteiger partial charge < -0.3 is 4.74 Å². The van der Waals surface area contributed by atoms with E-state index in [9.17, 15) is 41.3 Å². The summed E-state index contributed by atoms with van der Waals surface area (Å²) in [5, 5.41) is 11.0. The lowest BCUT2D eigenvalue weighted by Crippen LogP contribution is -2.18. The average molecular weight is 512 g/mol. The van der Waals surface area contributed by atoms with Gasteiger partial charge in [-0.05, 0) is 35.9 Å². The van der Waals surface area contributed by atoms with Gasteiger partial charge in [0, 0.05) is 36.6 Å². The third kappa shape index (κ3) is 6.18. The SMILES string of the molecule is COc1cc([N+](=O)[O-])ccc1CC(=O)C[C@@H](c1ccc(C(F)(F)F)cc1)c1ncccc1C(F)(F)F. The van der Waals surface area contributed by atoms with Crippen molar-refractivity contribution in [2.24, 2.45) is 0 Å². The molecule has 6 nitrogen and oxygen atoms in total. The first kappa shape index (κ1) is 26.6. The summed E-state index contributed by atoms with van der Waals surface area (Å²) >= 11 is 0. The van der Waals surface area contributed by atoms with Crippen LogP contribution in [0.1, 0.15) is 40.3 Å². The van der Waals surface area contributed by atoms with Gasteiger partial charge in [0.05, 0.1) is 34.9 Å². The Hall–Kier alpha value is -3.96. The van der Waals surface area contributed by atoms with E-state index in [0.717, 1.165) is 54.7 Å². The minimum Gasteiger partial charge on any atom is -0.496 e. The van der Waals surface area contributed by atoms with E-state index in [1.54, 1.807) is 0 Å². The van der Waals surface area contributed by atoms with Gasteiger partial charge >= 0.3 is 12.4 Å². The molecule has 3 aromatic rings. The molecule has 3 rings (SSSR count). The van der Waals surface area contributed by atoms with Crippen molar-refractivity contribution in [2.45, 2.75) is 31.1 Å². The number of benzene rings is 2. The van der Waals surface area contributed by atoms with E-state index in [-0.39, 0.29) is 29.0 Å². The van der Waals surface area contributed by atoms with E-state index in [1.165, 1.54) is 13.2 Å². The van der Waals surface area contributed by atoms with Crippen LogP contribution in [0.2, 0.25) is 0 Å². The number of hydrogen-bond acceptors (Lipinski definition) is 5. The van der Waals surface area contributed by atoms with E-state index in [4.69, 9.17) is 4.74 Å². The number of non-ortho nitro benzene ring substituents is 1. The first-order valence-electron chi connectivity index (χ1n) is 10.3. The molecule has 2 aromatic carbocycles. The van der Waals surface area contributed by atoms with Crippen molar-refractivity contribution in [1.82, 2.24) is 4.98 Å². The highest BCUT2D eigenvalue weighted by molar-refractivity contribution is 5.83. The molecular formula is C24H18F6N2O4. The lowest BCUT2D eigenvalue weighted by molar-refractivity contribution is -0.384. The van der Waals surface area contributed by atoms with Crippen LogP contribution in [0.3, 0.4) is 0 Å². The summed E-state index contributed by atoms with van der Waals surface area (Å²) in [6.07, 6.45) is -9.24. The van der Waals surface area contributed by atoms with Crippen LogP contribution in [0.4, 0.5) is 32.0 Å². The largest absolute Gasteiger partial charge is 0.496 e. The second kappa shape index (κ2) is 10.3. The van der Waals surface area contributed by atoms with Gasteiger partial charge in [0.25, 0.3) is 5.69 Å². The maximum atomic E-state index is 13.7. The van der Waals surface area contributed by atoms with E-state index in [2.05, 4.69) is 4.98 Å². The molecule has 0 aliphatic rings. The van der Waals surface area contributed by atoms with Gasteiger partial charge in [-0.1, -0.05) is 12.1 Å². The van der Waals surface area contributed by atoms with Crippen molar-refractivity contribution < 1.29 is 40.8 Å². The van der Waals surface area contributed by atoms with Gasteiger partial charge in [0.15, 0.2) is 0 Å². The number of ether oxygens (including phenoxy) is 1. The van der Waals surface area contributed by atoms with Crippen molar-refractivity contribution in [3.8, 4) is 5.75 Å². The minimum absolute atomic E-state index is 0.0382. The molecule has 0 bridgehead atoms. The van der Waals surface area contributed by atoms with Gasteiger partial charge in [-0.15, -0.1) is 0 Å². The van der Waals surface area contributed by atoms with Crippen molar-refractivity contribution in [2.75, 3.05) is 7.11 Å². The van der Waals surface area contributed by atoms with Gasteiger partial charge in [0.2, 0.25) is 0 Å². The van der Waals surface area contributed by atoms with E-state index >= 15 is 0 Å². The number of methoxy groups -OCH3 is 1. The monoisotopic (exact) mass is 512 g/mol. The Morgan fingerprint density at radius 1 is 1.03 bits per heavy atom. The Morgan fingerprint density at radius 3 is 2.25 bits per heavy atom. The van der Waals surface area contributed by atoms with Crippen LogP contribution in [0.25, 0.3) is 0 Å². The maximum Gasteiger partial charge on any atom is 0.418 e. The minimum atomic E-state index is -4.82. The molecule has 36 heavy (non-hydrogen) atoms. The molecule has 1 heterocycles. The summed E-state index contributed by atoms with van der Waals surface area (Å²) < 4.78 is 85.1. The molecule has 12 heteroatoms. The fraction of sp³-hybridized carbons (Fsp3) is 0.250. The number of alkyl halides is 6. The molecule has 0 aliphatic carbocycles. The number of rotatable bonds is 8. The number of carbonyl (C=O) groups excluding carboxylic acids is 1. The Kier molecular flexibility index (Phi) is 7.65. The highest BCUT2D eigenvalue weighted by Gasteiger charge is 2.37. The van der Waals surface area contributed by atoms with Crippen LogP contribution < -0.4 is 4.74 Å². The van der Waals surface area contributed by atoms with Crippen LogP contribution in [0.5, 0.6) is 5.75 Å². The molecule has 0 unspecified atom stereocenters. The number of nitrogens with zero attached hydrogens (tertiary/aromatic N) is 2. The fourth-order valence-corrected chi connectivity index (χ4v) is 3.72. The zero-order valence-electron chi connectivity index (χ0n) is 18.6. The molecule has 0 aliphatic heterocycles. The van der Waals surface area contributed by atoms with Crippen LogP contribution in [-0.2, 0) is 23.6 Å². The highest BCUT2D eigenvalue weighted by atomic mass is 19.4. The summed E-state index contributed by atoms with van der Waals surface area (Å²) in [6, 6.07) is 8.89. The molecule has 0 radical (unpaired) electrons. The number of halogens is 6. The Balaban J connectivity index is 2.00. The van der Waals surface area contributed by atoms with Crippen molar-refractivity contribution in [1.29, 1.82) is 0 Å². The first-order valence-corrected chi connectivity index (χ1v) is 10.3. The Morgan fingerprint density at radius 2 is 1.69 bits per heavy atom. The van der Waals surface area contributed by atoms with Gasteiger partial charge in [-0.2, -0.15) is 26.3 Å². The van der Waals surface area contributed by atoms with Gasteiger partial charge in [-0.25, -0.2) is 0 Å². The molecule has 0 N–H and O–H groups in total. The third-order valence-corrected chi connectivity index (χ3v) is 5.42. The fourth-order valence-electron chi connectivity index (χ4n) is 3.72. The number of nitro groups is 1. The summed E-state index contributed by atoms with van der Waals surface area (Å²) in [4.78, 5) is 27.1. The smallest absolute Gasteiger partial charge is 0.418 e. The normalized spacial score (nSPS) is 12.8. The van der Waals surface area contributed by atoms with E-state index in [1.807, 2.05) is 0 Å². The predicted molar refractivity (Wildman–Crippen MR) is 116 cm³/mol. The lowest BCUT2D eigenvalue weighted by atomic mass is 9.86. The van der Waals surface area contributed by atoms with Crippen molar-refractivity contribution >= 4 is 11.5 Å². The molecule has 0 saturated carbocycles. The van der Waals surface area contributed by atoms with Crippen LogP contribution in [0.15, 0.2) is 60.8 Å². The van der Waals surface area contributed by atoms with Crippen LogP contribution >= 0.6 is 0 Å². The third-order valence-electron chi connectivity index (χ3n) is 5.42. The number of nitro benzene ring substituents is 1. The number of aromatic nitrogens is 1. The molecule has 0 fully saturated rings. The van der Waals surface area contributed by atoms with Crippen molar-refractivity contribution in [3.63, 3.8) is 0 Å². The average Bonchev–Trinajstić information content (AvgIpc) is 2.81. The molecule has 1 atom stereocenters. The number of carbonyl (C=O) groups is 1. The van der Waals surface area contributed by atoms with E-state index in [0.29, 0.717) is 0 Å². The topological polar surface area (TPSA) is 82.3 Å². The summed E-state index contributed by atoms with van der Waals surface area (Å²) in [5.74, 6) is -1.84. The van der Waals surface area contributed by atoms with E-state index < -0.39 is 52.2 Å². The van der Waals surface area contributed by atoms with Crippen LogP contribution in [-0.4, -0.2) is 22.8 Å². The van der Waals surface area contributed by atoms with Gasteiger partial charge in [-0.3, -0.25) is 19.9 Å². The van der Waals surface area contributed by atoms with Crippen LogP contribution in [0, 0.1) is 10.1 Å². The highest BCUT2D eigenvalue weighted by Crippen LogP contribution is 2.39. The zero-order chi connectivity index (χ0) is 26.7. The quantitative estimate of drug-likeness (QED) is 0.199. The standard InChI is InChI=1S/C24H18F6N2O4/c1-36-21-12-17(32(34)35)9-6-15(21)11-18(33)13-19(14-4-7-16(8-5-14)23(25,26)27)22-20(24(28,29)30)3-2-10-31-22/h2-10,12,19H,11,13H2,1H3/t19-/m0/s1. The summed E-state index contributed by atoms with van der Waals surface area (Å²) in [7, 11) is 1.24. The Bertz CT molecular complexity index is 1260. The molecule has 1 aromatic heterocycles. The summed E-state index contributed by atoms with van der Waals surface area (Å²) in [6.45, 7) is 0. The maximum absolute atomic E-state index is 13.7. The molecule has 190 valence electrons. The van der Waals surface area contributed by atoms with Crippen molar-refractivity contribution in [3.05, 3.63) is 98.9 Å². The number of pyridine rings is 1. The second-order valence-corrected chi connectivity index (χ2v) is 7.78. The zero-order valence-corrected chi connectivity index (χ0v) is 18.6. The molecule has 0 saturated heterocycles. The number of Topliss-reactive ketones (excluding diaryl/α,β-unsaturated/α-hetero) is 1. The predicted octanol–water partition coefficient (Wildman–Crippen LogP) is 6.37. The Labute approximate surface area is 200 Å². The summed E-state index contributed by atoms with van der Waals surface area (Å²) in [5.41, 5.74) is -2.60. The van der Waals surface area contributed by atoms with Gasteiger partial charge in [0.1, 0.15) is 11.5 Å². The number of hydrogen-bond donors (Lipinski definition) is 0. The molecule has 0 spiro atoms. The second-order valence-electron chi connectivity index (χ2n) is 7.78. The molecule has 0 amide bonds. The lowest BCUT2D eigenvalue weighted by Gasteiger charge is -2.21.